The van der Waals surface area contributed by atoms with Gasteiger partial charge < -0.3 is 0 Å². The van der Waals surface area contributed by atoms with Gasteiger partial charge in [0.1, 0.15) is 0 Å². The van der Waals surface area contributed by atoms with Gasteiger partial charge in [0.15, 0.2) is 0 Å². The van der Waals surface area contributed by atoms with Crippen molar-refractivity contribution < 1.29 is 9.59 Å². The van der Waals surface area contributed by atoms with E-state index in [1.54, 1.807) is 6.08 Å². The van der Waals surface area contributed by atoms with E-state index in [2.05, 4.69) is 6.58 Å². The van der Waals surface area contributed by atoms with Crippen molar-refractivity contribution >= 4 is 11.8 Å². The molecular formula is C9H11NO2. The van der Waals surface area contributed by atoms with Gasteiger partial charge in [0, 0.05) is 18.2 Å². The van der Waals surface area contributed by atoms with Gasteiger partial charge in [-0.3, -0.25) is 14.5 Å². The number of nitrogens with zero attached hydrogens (tertiary/aromatic N) is 1. The lowest BCUT2D eigenvalue weighted by Crippen LogP contribution is -2.37. The van der Waals surface area contributed by atoms with Crippen molar-refractivity contribution in [3.63, 3.8) is 0 Å². The molecule has 3 heteroatoms. The SMILES string of the molecule is C=C1C=C(CC)C(=O)N(C)C1=O. The zero-order valence-corrected chi connectivity index (χ0v) is 7.26. The summed E-state index contributed by atoms with van der Waals surface area (Å²) in [6.07, 6.45) is 2.19. The van der Waals surface area contributed by atoms with Gasteiger partial charge in [-0.15, -0.1) is 0 Å². The maximum atomic E-state index is 11.3. The lowest BCUT2D eigenvalue weighted by atomic mass is 10.0. The summed E-state index contributed by atoms with van der Waals surface area (Å²) >= 11 is 0. The average Bonchev–Trinajstić information content (AvgIpc) is 2.08. The number of imide groups is 1. The molecule has 0 atom stereocenters. The minimum Gasteiger partial charge on any atom is -0.278 e. The Morgan fingerprint density at radius 2 is 2.00 bits per heavy atom. The summed E-state index contributed by atoms with van der Waals surface area (Å²) in [6.45, 7) is 5.43. The largest absolute Gasteiger partial charge is 0.278 e. The molecule has 12 heavy (non-hydrogen) atoms. The smallest absolute Gasteiger partial charge is 0.259 e. The van der Waals surface area contributed by atoms with E-state index in [1.165, 1.54) is 7.05 Å². The first kappa shape index (κ1) is 8.71. The molecule has 64 valence electrons. The molecule has 2 amide bonds. The van der Waals surface area contributed by atoms with Gasteiger partial charge in [-0.1, -0.05) is 13.5 Å². The van der Waals surface area contributed by atoms with E-state index < -0.39 is 0 Å². The molecule has 0 bridgehead atoms. The molecule has 0 saturated heterocycles. The molecule has 0 aliphatic carbocycles. The van der Waals surface area contributed by atoms with Gasteiger partial charge in [0.05, 0.1) is 0 Å². The highest BCUT2D eigenvalue weighted by molar-refractivity contribution is 6.14. The van der Waals surface area contributed by atoms with Crippen molar-refractivity contribution in [2.24, 2.45) is 0 Å². The Labute approximate surface area is 71.4 Å². The number of amides is 2. The highest BCUT2D eigenvalue weighted by Crippen LogP contribution is 2.16. The maximum Gasteiger partial charge on any atom is 0.259 e. The fourth-order valence-electron chi connectivity index (χ4n) is 1.11. The third kappa shape index (κ3) is 1.18. The predicted octanol–water partition coefficient (Wildman–Crippen LogP) is 0.878. The van der Waals surface area contributed by atoms with Crippen LogP contribution in [0.1, 0.15) is 13.3 Å². The zero-order chi connectivity index (χ0) is 9.30. The second-order valence-electron chi connectivity index (χ2n) is 2.72. The minimum atomic E-state index is -0.308. The molecule has 0 aromatic rings. The van der Waals surface area contributed by atoms with Crippen LogP contribution in [0.15, 0.2) is 23.8 Å². The molecule has 0 unspecified atom stereocenters. The van der Waals surface area contributed by atoms with Gasteiger partial charge in [-0.2, -0.15) is 0 Å². The molecule has 0 aromatic carbocycles. The second-order valence-corrected chi connectivity index (χ2v) is 2.72. The van der Waals surface area contributed by atoms with Crippen LogP contribution in [0.5, 0.6) is 0 Å². The van der Waals surface area contributed by atoms with Crippen LogP contribution in [-0.4, -0.2) is 23.8 Å². The molecule has 0 fully saturated rings. The van der Waals surface area contributed by atoms with Crippen LogP contribution >= 0.6 is 0 Å². The lowest BCUT2D eigenvalue weighted by Gasteiger charge is -2.21. The fourth-order valence-corrected chi connectivity index (χ4v) is 1.11. The third-order valence-corrected chi connectivity index (χ3v) is 1.89. The molecule has 0 saturated carbocycles. The number of carbonyl (C=O) groups is 2. The van der Waals surface area contributed by atoms with Gasteiger partial charge in [-0.25, -0.2) is 0 Å². The molecule has 0 radical (unpaired) electrons. The van der Waals surface area contributed by atoms with E-state index in [0.717, 1.165) is 4.90 Å². The molecule has 0 aromatic heterocycles. The number of carbonyl (C=O) groups excluding carboxylic acids is 2. The van der Waals surface area contributed by atoms with Crippen LogP contribution in [0.25, 0.3) is 0 Å². The standard InChI is InChI=1S/C9H11NO2/c1-4-7-5-6(2)8(11)10(3)9(7)12/h5H,2,4H2,1,3H3. The first-order chi connectivity index (χ1) is 5.57. The molecule has 0 N–H and O–H groups in total. The van der Waals surface area contributed by atoms with Crippen LogP contribution in [0.3, 0.4) is 0 Å². The molecule has 1 heterocycles. The van der Waals surface area contributed by atoms with Crippen molar-refractivity contribution in [3.05, 3.63) is 23.8 Å². The van der Waals surface area contributed by atoms with E-state index in [-0.39, 0.29) is 11.8 Å². The van der Waals surface area contributed by atoms with Gasteiger partial charge >= 0.3 is 0 Å². The monoisotopic (exact) mass is 165 g/mol. The topological polar surface area (TPSA) is 37.4 Å². The molecule has 1 aliphatic rings. The highest BCUT2D eigenvalue weighted by Gasteiger charge is 2.25. The normalized spacial score (nSPS) is 18.3. The van der Waals surface area contributed by atoms with Gasteiger partial charge in [-0.05, 0) is 12.5 Å². The Bertz CT molecular complexity index is 289. The second kappa shape index (κ2) is 2.93. The van der Waals surface area contributed by atoms with Crippen molar-refractivity contribution in [2.75, 3.05) is 7.05 Å². The van der Waals surface area contributed by atoms with E-state index >= 15 is 0 Å². The summed E-state index contributed by atoms with van der Waals surface area (Å²) in [5.74, 6) is -0.521. The molecular weight excluding hydrogens is 154 g/mol. The third-order valence-electron chi connectivity index (χ3n) is 1.89. The lowest BCUT2D eigenvalue weighted by molar-refractivity contribution is -0.138. The Morgan fingerprint density at radius 1 is 1.42 bits per heavy atom. The summed E-state index contributed by atoms with van der Waals surface area (Å²) in [7, 11) is 1.47. The van der Waals surface area contributed by atoms with E-state index in [9.17, 15) is 9.59 Å². The summed E-state index contributed by atoms with van der Waals surface area (Å²) in [6, 6.07) is 0. The van der Waals surface area contributed by atoms with E-state index in [1.807, 2.05) is 6.92 Å². The Morgan fingerprint density at radius 3 is 2.50 bits per heavy atom. The van der Waals surface area contributed by atoms with Crippen LogP contribution < -0.4 is 0 Å². The number of rotatable bonds is 1. The summed E-state index contributed by atoms with van der Waals surface area (Å²) < 4.78 is 0. The van der Waals surface area contributed by atoms with Crippen LogP contribution in [0.2, 0.25) is 0 Å². The fraction of sp³-hybridized carbons (Fsp3) is 0.333. The Kier molecular flexibility index (Phi) is 2.13. The molecule has 1 rings (SSSR count). The van der Waals surface area contributed by atoms with E-state index in [4.69, 9.17) is 0 Å². The Hall–Kier alpha value is -1.38. The number of likely N-dealkylation sites (N-methyl/N-ethyl adjacent to an activating group) is 1. The number of hydrogen-bond acceptors (Lipinski definition) is 2. The number of hydrogen-bond donors (Lipinski definition) is 0. The van der Waals surface area contributed by atoms with Gasteiger partial charge in [0.2, 0.25) is 0 Å². The Balaban J connectivity index is 3.08. The average molecular weight is 165 g/mol. The van der Waals surface area contributed by atoms with Crippen molar-refractivity contribution in [1.29, 1.82) is 0 Å². The molecule has 1 aliphatic heterocycles. The molecule has 3 nitrogen and oxygen atoms in total. The predicted molar refractivity (Wildman–Crippen MR) is 45.3 cm³/mol. The van der Waals surface area contributed by atoms with Crippen molar-refractivity contribution in [2.45, 2.75) is 13.3 Å². The van der Waals surface area contributed by atoms with Crippen LogP contribution in [0, 0.1) is 0 Å². The first-order valence-corrected chi connectivity index (χ1v) is 3.79. The van der Waals surface area contributed by atoms with Crippen LogP contribution in [-0.2, 0) is 9.59 Å². The zero-order valence-electron chi connectivity index (χ0n) is 7.26. The summed E-state index contributed by atoms with van der Waals surface area (Å²) in [5.41, 5.74) is 1.02. The van der Waals surface area contributed by atoms with Gasteiger partial charge in [0.25, 0.3) is 11.8 Å². The quantitative estimate of drug-likeness (QED) is 0.427. The summed E-state index contributed by atoms with van der Waals surface area (Å²) in [5, 5.41) is 0. The molecule has 0 spiro atoms. The maximum absolute atomic E-state index is 11.3. The van der Waals surface area contributed by atoms with Crippen molar-refractivity contribution in [1.82, 2.24) is 4.90 Å². The van der Waals surface area contributed by atoms with Crippen molar-refractivity contribution in [3.8, 4) is 0 Å². The highest BCUT2D eigenvalue weighted by atomic mass is 16.2. The van der Waals surface area contributed by atoms with E-state index in [0.29, 0.717) is 17.6 Å². The minimum absolute atomic E-state index is 0.213. The summed E-state index contributed by atoms with van der Waals surface area (Å²) in [4.78, 5) is 23.6. The first-order valence-electron chi connectivity index (χ1n) is 3.79. The van der Waals surface area contributed by atoms with Crippen LogP contribution in [0.4, 0.5) is 0 Å².